The quantitative estimate of drug-likeness (QED) is 0.339. The van der Waals surface area contributed by atoms with E-state index in [1.165, 1.54) is 0 Å². The number of nitrogens with one attached hydrogen (secondary N) is 2. The van der Waals surface area contributed by atoms with Gasteiger partial charge < -0.3 is 15.0 Å². The number of carbonyl (C=O) groups is 3. The summed E-state index contributed by atoms with van der Waals surface area (Å²) in [4.78, 5) is 40.0. The van der Waals surface area contributed by atoms with Crippen LogP contribution >= 0.6 is 0 Å². The lowest BCUT2D eigenvalue weighted by atomic mass is 9.85. The first-order chi connectivity index (χ1) is 20.5. The van der Waals surface area contributed by atoms with Gasteiger partial charge in [0.1, 0.15) is 5.82 Å². The summed E-state index contributed by atoms with van der Waals surface area (Å²) in [5.74, 6) is 0.825. The lowest BCUT2D eigenvalue weighted by Gasteiger charge is -2.40. The summed E-state index contributed by atoms with van der Waals surface area (Å²) in [7, 11) is 0. The van der Waals surface area contributed by atoms with E-state index in [1.54, 1.807) is 4.68 Å². The van der Waals surface area contributed by atoms with Crippen LogP contribution in [0.15, 0.2) is 54.7 Å². The highest BCUT2D eigenvalue weighted by atomic mass is 16.6. The monoisotopic (exact) mass is 583 g/mol. The van der Waals surface area contributed by atoms with E-state index in [2.05, 4.69) is 42.6 Å². The number of fused-ring (bicyclic) bond motifs is 2. The fourth-order valence-corrected chi connectivity index (χ4v) is 6.96. The molecule has 2 unspecified atom stereocenters. The molecule has 0 spiro atoms. The van der Waals surface area contributed by atoms with Crippen molar-refractivity contribution < 1.29 is 19.1 Å². The fraction of sp³-hybridized carbons (Fsp3) is 0.471. The van der Waals surface area contributed by atoms with E-state index < -0.39 is 6.10 Å². The Balaban J connectivity index is 1.11. The Morgan fingerprint density at radius 2 is 1.72 bits per heavy atom. The SMILES string of the molecule is Cc1ccc(-n2ncc(C(C)(C)C)c2NC(=O)Nc2cccc(CC3CC4CC[C@@H](C3)N4C(=O)[C@@H]3CCC(=O)O3)c2)cc1. The minimum Gasteiger partial charge on any atom is -0.452 e. The maximum atomic E-state index is 13.3. The van der Waals surface area contributed by atoms with Gasteiger partial charge in [0.05, 0.1) is 11.9 Å². The molecule has 3 aliphatic rings. The van der Waals surface area contributed by atoms with E-state index in [1.807, 2.05) is 60.5 Å². The number of carbonyl (C=O) groups excluding carboxylic acids is 3. The zero-order chi connectivity index (χ0) is 30.3. The number of esters is 1. The second-order valence-electron chi connectivity index (χ2n) is 13.4. The molecule has 4 atom stereocenters. The van der Waals surface area contributed by atoms with Gasteiger partial charge in [-0.2, -0.15) is 5.10 Å². The van der Waals surface area contributed by atoms with E-state index in [0.717, 1.165) is 60.2 Å². The molecule has 226 valence electrons. The van der Waals surface area contributed by atoms with Crippen LogP contribution in [0.25, 0.3) is 5.69 Å². The summed E-state index contributed by atoms with van der Waals surface area (Å²) < 4.78 is 7.06. The Bertz CT molecular complexity index is 1510. The Kier molecular flexibility index (Phi) is 7.75. The highest BCUT2D eigenvalue weighted by molar-refractivity contribution is 6.00. The second kappa shape index (κ2) is 11.5. The van der Waals surface area contributed by atoms with Crippen molar-refractivity contribution in [2.45, 2.75) is 96.2 Å². The van der Waals surface area contributed by atoms with E-state index >= 15 is 0 Å². The van der Waals surface area contributed by atoms with Crippen molar-refractivity contribution >= 4 is 29.4 Å². The Morgan fingerprint density at radius 3 is 2.37 bits per heavy atom. The highest BCUT2D eigenvalue weighted by Gasteiger charge is 2.46. The van der Waals surface area contributed by atoms with Gasteiger partial charge >= 0.3 is 12.0 Å². The van der Waals surface area contributed by atoms with Gasteiger partial charge in [-0.3, -0.25) is 14.9 Å². The van der Waals surface area contributed by atoms with Crippen LogP contribution in [0.5, 0.6) is 0 Å². The standard InChI is InChI=1S/C34H41N5O4/c1-21-8-10-25(11-9-21)39-31(28(20-35-39)34(2,3)4)37-33(42)36-24-7-5-6-22(17-24)16-23-18-26-12-13-27(19-23)38(26)32(41)29-14-15-30(40)43-29/h5-11,17,20,23,26-27,29H,12-16,18-19H2,1-4H3,(H2,36,37,42)/t23?,26-,27?,29-/m0/s1. The highest BCUT2D eigenvalue weighted by Crippen LogP contribution is 2.41. The number of rotatable bonds is 6. The zero-order valence-corrected chi connectivity index (χ0v) is 25.4. The Labute approximate surface area is 253 Å². The second-order valence-corrected chi connectivity index (χ2v) is 13.4. The normalized spacial score (nSPS) is 23.3. The Morgan fingerprint density at radius 1 is 1.00 bits per heavy atom. The third-order valence-corrected chi connectivity index (χ3v) is 9.04. The molecule has 43 heavy (non-hydrogen) atoms. The Hall–Kier alpha value is -4.14. The van der Waals surface area contributed by atoms with Crippen LogP contribution in [0.2, 0.25) is 0 Å². The number of hydrogen-bond acceptors (Lipinski definition) is 5. The number of ether oxygens (including phenoxy) is 1. The molecule has 2 aromatic carbocycles. The van der Waals surface area contributed by atoms with Crippen LogP contribution in [-0.4, -0.2) is 50.8 Å². The molecule has 3 aromatic rings. The molecule has 1 aromatic heterocycles. The van der Waals surface area contributed by atoms with E-state index in [-0.39, 0.29) is 35.4 Å². The number of hydrogen-bond donors (Lipinski definition) is 2. The van der Waals surface area contributed by atoms with Gasteiger partial charge in [-0.25, -0.2) is 9.48 Å². The van der Waals surface area contributed by atoms with Crippen LogP contribution < -0.4 is 10.6 Å². The number of nitrogens with zero attached hydrogens (tertiary/aromatic N) is 3. The molecule has 3 saturated heterocycles. The van der Waals surface area contributed by atoms with Gasteiger partial charge in [-0.1, -0.05) is 50.6 Å². The first kappa shape index (κ1) is 29.0. The van der Waals surface area contributed by atoms with E-state index in [4.69, 9.17) is 4.74 Å². The summed E-state index contributed by atoms with van der Waals surface area (Å²) in [6.07, 6.45) is 6.84. The molecule has 4 heterocycles. The summed E-state index contributed by atoms with van der Waals surface area (Å²) in [5.41, 5.74) is 4.65. The van der Waals surface area contributed by atoms with Crippen molar-refractivity contribution in [2.75, 3.05) is 10.6 Å². The van der Waals surface area contributed by atoms with Crippen molar-refractivity contribution in [3.05, 3.63) is 71.4 Å². The number of urea groups is 1. The third kappa shape index (κ3) is 6.17. The first-order valence-electron chi connectivity index (χ1n) is 15.4. The van der Waals surface area contributed by atoms with Crippen molar-refractivity contribution in [1.29, 1.82) is 0 Å². The van der Waals surface area contributed by atoms with Gasteiger partial charge in [-0.05, 0) is 80.2 Å². The summed E-state index contributed by atoms with van der Waals surface area (Å²) >= 11 is 0. The molecule has 3 fully saturated rings. The van der Waals surface area contributed by atoms with Crippen molar-refractivity contribution in [2.24, 2.45) is 5.92 Å². The number of anilines is 2. The topological polar surface area (TPSA) is 106 Å². The number of amides is 3. The van der Waals surface area contributed by atoms with Crippen LogP contribution in [0, 0.1) is 12.8 Å². The van der Waals surface area contributed by atoms with Gasteiger partial charge in [0, 0.05) is 36.2 Å². The lowest BCUT2D eigenvalue weighted by molar-refractivity contribution is -0.156. The van der Waals surface area contributed by atoms with E-state index in [9.17, 15) is 14.4 Å². The predicted molar refractivity (Wildman–Crippen MR) is 165 cm³/mol. The van der Waals surface area contributed by atoms with Gasteiger partial charge in [0.2, 0.25) is 0 Å². The molecular weight excluding hydrogens is 542 g/mol. The number of aryl methyl sites for hydroxylation is 1. The van der Waals surface area contributed by atoms with Crippen LogP contribution in [0.3, 0.4) is 0 Å². The molecule has 0 aliphatic carbocycles. The maximum absolute atomic E-state index is 13.3. The third-order valence-electron chi connectivity index (χ3n) is 9.04. The van der Waals surface area contributed by atoms with Crippen LogP contribution in [-0.2, 0) is 26.2 Å². The average Bonchev–Trinajstić information content (AvgIpc) is 3.65. The molecule has 3 aliphatic heterocycles. The molecule has 9 heteroatoms. The van der Waals surface area contributed by atoms with Crippen LogP contribution in [0.1, 0.15) is 76.0 Å². The minimum absolute atomic E-state index is 0.00708. The average molecular weight is 584 g/mol. The molecule has 0 saturated carbocycles. The number of benzene rings is 2. The molecule has 6 rings (SSSR count). The van der Waals surface area contributed by atoms with Gasteiger partial charge in [0.15, 0.2) is 6.10 Å². The van der Waals surface area contributed by atoms with E-state index in [0.29, 0.717) is 24.6 Å². The summed E-state index contributed by atoms with van der Waals surface area (Å²) in [6, 6.07) is 16.2. The largest absolute Gasteiger partial charge is 0.452 e. The zero-order valence-electron chi connectivity index (χ0n) is 25.4. The predicted octanol–water partition coefficient (Wildman–Crippen LogP) is 6.14. The van der Waals surface area contributed by atoms with Crippen molar-refractivity contribution in [3.63, 3.8) is 0 Å². The number of aromatic nitrogens is 2. The molecular formula is C34H41N5O4. The molecule has 9 nitrogen and oxygen atoms in total. The number of piperidine rings is 1. The molecule has 0 radical (unpaired) electrons. The van der Waals surface area contributed by atoms with Crippen molar-refractivity contribution in [1.82, 2.24) is 14.7 Å². The number of cyclic esters (lactones) is 1. The molecule has 2 N–H and O–H groups in total. The van der Waals surface area contributed by atoms with Gasteiger partial charge in [0.25, 0.3) is 5.91 Å². The summed E-state index contributed by atoms with van der Waals surface area (Å²) in [5, 5.41) is 10.7. The summed E-state index contributed by atoms with van der Waals surface area (Å²) in [6.45, 7) is 8.35. The van der Waals surface area contributed by atoms with Crippen molar-refractivity contribution in [3.8, 4) is 5.69 Å². The fourth-order valence-electron chi connectivity index (χ4n) is 6.96. The first-order valence-corrected chi connectivity index (χ1v) is 15.4. The van der Waals surface area contributed by atoms with Gasteiger partial charge in [-0.15, -0.1) is 0 Å². The maximum Gasteiger partial charge on any atom is 0.324 e. The molecule has 2 bridgehead atoms. The minimum atomic E-state index is -0.601. The molecule has 3 amide bonds. The smallest absolute Gasteiger partial charge is 0.324 e. The lowest BCUT2D eigenvalue weighted by Crippen LogP contribution is -2.50. The van der Waals surface area contributed by atoms with Crippen LogP contribution in [0.4, 0.5) is 16.3 Å².